The Hall–Kier alpha value is -2.02. The smallest absolute Gasteiger partial charge is 0.260 e. The van der Waals surface area contributed by atoms with Gasteiger partial charge in [0.1, 0.15) is 11.5 Å². The minimum absolute atomic E-state index is 0. The zero-order chi connectivity index (χ0) is 16.8. The van der Waals surface area contributed by atoms with E-state index in [4.69, 9.17) is 9.47 Å². The third-order valence-corrected chi connectivity index (χ3v) is 3.87. The normalized spacial score (nSPS) is 16.0. The number of carbonyl (C=O) groups excluding carboxylic acids is 1. The van der Waals surface area contributed by atoms with Crippen molar-refractivity contribution in [1.82, 2.24) is 15.2 Å². The second-order valence-corrected chi connectivity index (χ2v) is 5.67. The molecule has 0 aliphatic carbocycles. The van der Waals surface area contributed by atoms with E-state index in [1.165, 1.54) is 0 Å². The molecule has 6 nitrogen and oxygen atoms in total. The predicted octanol–water partition coefficient (Wildman–Crippen LogP) is 2.92. The van der Waals surface area contributed by atoms with Gasteiger partial charge in [-0.15, -0.1) is 24.8 Å². The van der Waals surface area contributed by atoms with Crippen LogP contribution in [0.3, 0.4) is 0 Å². The Balaban J connectivity index is 0.00000169. The highest BCUT2D eigenvalue weighted by Gasteiger charge is 2.23. The van der Waals surface area contributed by atoms with Gasteiger partial charge >= 0.3 is 0 Å². The predicted molar refractivity (Wildman–Crippen MR) is 105 cm³/mol. The maximum absolute atomic E-state index is 12.2. The molecule has 3 rings (SSSR count). The summed E-state index contributed by atoms with van der Waals surface area (Å²) < 4.78 is 11.2. The first-order chi connectivity index (χ1) is 11.7. The first-order valence-electron chi connectivity index (χ1n) is 8.04. The van der Waals surface area contributed by atoms with Crippen molar-refractivity contribution in [3.63, 3.8) is 0 Å². The van der Waals surface area contributed by atoms with Crippen molar-refractivity contribution in [3.8, 4) is 17.4 Å². The Bertz CT molecular complexity index is 671. The van der Waals surface area contributed by atoms with E-state index in [9.17, 15) is 4.79 Å². The van der Waals surface area contributed by atoms with Gasteiger partial charge in [0.15, 0.2) is 6.61 Å². The third kappa shape index (κ3) is 6.05. The fraction of sp³-hybridized carbons (Fsp3) is 0.333. The zero-order valence-corrected chi connectivity index (χ0v) is 16.1. The molecule has 1 aliphatic heterocycles. The Labute approximate surface area is 165 Å². The number of carbonyl (C=O) groups is 1. The largest absolute Gasteiger partial charge is 0.484 e. The molecule has 1 aromatic carbocycles. The Morgan fingerprint density at radius 1 is 1.19 bits per heavy atom. The van der Waals surface area contributed by atoms with Crippen LogP contribution in [0.5, 0.6) is 17.4 Å². The number of nitrogens with zero attached hydrogens (tertiary/aromatic N) is 2. The molecule has 2 aromatic rings. The molecule has 1 atom stereocenters. The van der Waals surface area contributed by atoms with Gasteiger partial charge in [0, 0.05) is 37.9 Å². The first kappa shape index (κ1) is 22.0. The summed E-state index contributed by atoms with van der Waals surface area (Å²) in [6, 6.07) is 12.8. The number of hydrogen-bond donors (Lipinski definition) is 1. The van der Waals surface area contributed by atoms with E-state index in [1.54, 1.807) is 36.5 Å². The molecular weight excluding hydrogens is 377 g/mol. The van der Waals surface area contributed by atoms with E-state index < -0.39 is 0 Å². The summed E-state index contributed by atoms with van der Waals surface area (Å²) >= 11 is 0. The van der Waals surface area contributed by atoms with Crippen LogP contribution in [0.1, 0.15) is 6.92 Å². The molecule has 26 heavy (non-hydrogen) atoms. The highest BCUT2D eigenvalue weighted by Crippen LogP contribution is 2.22. The van der Waals surface area contributed by atoms with E-state index in [0.29, 0.717) is 17.4 Å². The SMILES string of the molecule is C[C@@H]1CNCCN1C(=O)COc1ccc(Oc2ccccn2)cc1.Cl.Cl. The van der Waals surface area contributed by atoms with Gasteiger partial charge in [-0.25, -0.2) is 4.98 Å². The standard InChI is InChI=1S/C18H21N3O3.2ClH/c1-14-12-19-10-11-21(14)18(22)13-23-15-5-7-16(8-6-15)24-17-4-2-3-9-20-17;;/h2-9,14,19H,10-13H2,1H3;2*1H/t14-;;/m1../s1. The number of pyridine rings is 1. The molecule has 1 amide bonds. The molecule has 1 fully saturated rings. The van der Waals surface area contributed by atoms with Crippen molar-refractivity contribution in [2.75, 3.05) is 26.2 Å². The van der Waals surface area contributed by atoms with Gasteiger partial charge in [-0.1, -0.05) is 6.07 Å². The van der Waals surface area contributed by atoms with Gasteiger partial charge in [0.25, 0.3) is 5.91 Å². The molecule has 0 bridgehead atoms. The summed E-state index contributed by atoms with van der Waals surface area (Å²) in [6.07, 6.45) is 1.68. The van der Waals surface area contributed by atoms with E-state index in [0.717, 1.165) is 19.6 Å². The maximum Gasteiger partial charge on any atom is 0.260 e. The van der Waals surface area contributed by atoms with E-state index in [1.807, 2.05) is 24.0 Å². The van der Waals surface area contributed by atoms with Gasteiger partial charge in [0.05, 0.1) is 0 Å². The molecule has 0 radical (unpaired) electrons. The fourth-order valence-electron chi connectivity index (χ4n) is 2.57. The number of hydrogen-bond acceptors (Lipinski definition) is 5. The number of aromatic nitrogens is 1. The average molecular weight is 400 g/mol. The second kappa shape index (κ2) is 10.9. The van der Waals surface area contributed by atoms with Crippen LogP contribution >= 0.6 is 24.8 Å². The molecule has 2 heterocycles. The zero-order valence-electron chi connectivity index (χ0n) is 14.5. The van der Waals surface area contributed by atoms with Crippen LogP contribution in [-0.2, 0) is 4.79 Å². The summed E-state index contributed by atoms with van der Waals surface area (Å²) in [4.78, 5) is 18.2. The first-order valence-corrected chi connectivity index (χ1v) is 8.04. The van der Waals surface area contributed by atoms with E-state index >= 15 is 0 Å². The summed E-state index contributed by atoms with van der Waals surface area (Å²) in [5.74, 6) is 1.86. The number of rotatable bonds is 5. The Morgan fingerprint density at radius 2 is 1.92 bits per heavy atom. The van der Waals surface area contributed by atoms with Gasteiger partial charge < -0.3 is 19.7 Å². The minimum Gasteiger partial charge on any atom is -0.484 e. The number of amides is 1. The van der Waals surface area contributed by atoms with Crippen molar-refractivity contribution in [2.45, 2.75) is 13.0 Å². The van der Waals surface area contributed by atoms with Crippen molar-refractivity contribution in [3.05, 3.63) is 48.7 Å². The number of benzene rings is 1. The third-order valence-electron chi connectivity index (χ3n) is 3.87. The molecule has 1 aliphatic rings. The summed E-state index contributed by atoms with van der Waals surface area (Å²) in [6.45, 7) is 4.46. The van der Waals surface area contributed by atoms with Crippen molar-refractivity contribution in [1.29, 1.82) is 0 Å². The van der Waals surface area contributed by atoms with E-state index in [2.05, 4.69) is 10.3 Å². The molecule has 1 saturated heterocycles. The topological polar surface area (TPSA) is 63.7 Å². The van der Waals surface area contributed by atoms with Crippen molar-refractivity contribution < 1.29 is 14.3 Å². The lowest BCUT2D eigenvalue weighted by atomic mass is 10.2. The molecule has 0 saturated carbocycles. The molecule has 1 aromatic heterocycles. The molecule has 1 N–H and O–H groups in total. The second-order valence-electron chi connectivity index (χ2n) is 5.67. The van der Waals surface area contributed by atoms with Crippen molar-refractivity contribution in [2.24, 2.45) is 0 Å². The minimum atomic E-state index is 0. The van der Waals surface area contributed by atoms with Crippen LogP contribution in [0.2, 0.25) is 0 Å². The molecule has 8 heteroatoms. The van der Waals surface area contributed by atoms with E-state index in [-0.39, 0.29) is 43.4 Å². The van der Waals surface area contributed by atoms with Crippen LogP contribution in [0.15, 0.2) is 48.7 Å². The molecule has 142 valence electrons. The Kier molecular flexibility index (Phi) is 9.19. The lowest BCUT2D eigenvalue weighted by Gasteiger charge is -2.33. The van der Waals surface area contributed by atoms with Crippen molar-refractivity contribution >= 4 is 30.7 Å². The Morgan fingerprint density at radius 3 is 2.58 bits per heavy atom. The average Bonchev–Trinajstić information content (AvgIpc) is 2.62. The quantitative estimate of drug-likeness (QED) is 0.836. The van der Waals surface area contributed by atoms with Gasteiger partial charge in [-0.05, 0) is 37.3 Å². The summed E-state index contributed by atoms with van der Waals surface area (Å²) in [5, 5.41) is 3.27. The van der Waals surface area contributed by atoms with Crippen LogP contribution in [0, 0.1) is 0 Å². The monoisotopic (exact) mass is 399 g/mol. The van der Waals surface area contributed by atoms with Gasteiger partial charge in [-0.2, -0.15) is 0 Å². The lowest BCUT2D eigenvalue weighted by molar-refractivity contribution is -0.136. The van der Waals surface area contributed by atoms with Gasteiger partial charge in [-0.3, -0.25) is 4.79 Å². The van der Waals surface area contributed by atoms with Crippen LogP contribution in [0.4, 0.5) is 0 Å². The number of piperazine rings is 1. The summed E-state index contributed by atoms with van der Waals surface area (Å²) in [7, 11) is 0. The number of nitrogens with one attached hydrogen (secondary N) is 1. The molecule has 0 unspecified atom stereocenters. The maximum atomic E-state index is 12.2. The molecular formula is C18H23Cl2N3O3. The highest BCUT2D eigenvalue weighted by atomic mass is 35.5. The molecule has 0 spiro atoms. The number of halogens is 2. The summed E-state index contributed by atoms with van der Waals surface area (Å²) in [5.41, 5.74) is 0. The van der Waals surface area contributed by atoms with Gasteiger partial charge in [0.2, 0.25) is 5.88 Å². The van der Waals surface area contributed by atoms with Crippen LogP contribution in [0.25, 0.3) is 0 Å². The van der Waals surface area contributed by atoms with Crippen LogP contribution < -0.4 is 14.8 Å². The lowest BCUT2D eigenvalue weighted by Crippen LogP contribution is -2.53. The van der Waals surface area contributed by atoms with Crippen LogP contribution in [-0.4, -0.2) is 48.1 Å². The number of ether oxygens (including phenoxy) is 2. The fourth-order valence-corrected chi connectivity index (χ4v) is 2.57. The highest BCUT2D eigenvalue weighted by molar-refractivity contribution is 5.85.